The Kier molecular flexibility index (Phi) is 4.72. The molecule has 1 atom stereocenters. The molecular weight excluding hydrogens is 342 g/mol. The summed E-state index contributed by atoms with van der Waals surface area (Å²) in [6.45, 7) is 1.49. The van der Waals surface area contributed by atoms with Crippen molar-refractivity contribution in [3.63, 3.8) is 0 Å². The number of carbonyl (C=O) groups excluding carboxylic acids is 3. The predicted octanol–water partition coefficient (Wildman–Crippen LogP) is 2.88. The Bertz CT molecular complexity index is 839. The maximum atomic E-state index is 12.4. The lowest BCUT2D eigenvalue weighted by Gasteiger charge is -2.13. The number of benzene rings is 2. The molecule has 0 bridgehead atoms. The van der Waals surface area contributed by atoms with Crippen LogP contribution in [0.4, 0.5) is 10.5 Å². The van der Waals surface area contributed by atoms with Crippen molar-refractivity contribution in [2.75, 3.05) is 11.9 Å². The van der Waals surface area contributed by atoms with Crippen LogP contribution in [0.3, 0.4) is 0 Å². The molecule has 4 amide bonds. The van der Waals surface area contributed by atoms with E-state index in [4.69, 9.17) is 11.6 Å². The van der Waals surface area contributed by atoms with Crippen molar-refractivity contribution in [1.82, 2.24) is 10.2 Å². The molecule has 1 heterocycles. The summed E-state index contributed by atoms with van der Waals surface area (Å²) in [6.07, 6.45) is 0. The van der Waals surface area contributed by atoms with Crippen LogP contribution in [0, 0.1) is 6.92 Å². The number of imide groups is 1. The molecule has 2 aromatic rings. The van der Waals surface area contributed by atoms with E-state index < -0.39 is 23.9 Å². The first kappa shape index (κ1) is 17.0. The van der Waals surface area contributed by atoms with Gasteiger partial charge in [0.15, 0.2) is 0 Å². The van der Waals surface area contributed by atoms with Gasteiger partial charge < -0.3 is 10.6 Å². The van der Waals surface area contributed by atoms with Crippen molar-refractivity contribution in [2.24, 2.45) is 0 Å². The fourth-order valence-electron chi connectivity index (χ4n) is 2.55. The third kappa shape index (κ3) is 3.64. The minimum absolute atomic E-state index is 0.362. The van der Waals surface area contributed by atoms with E-state index in [0.29, 0.717) is 16.3 Å². The van der Waals surface area contributed by atoms with Crippen LogP contribution in [0.1, 0.15) is 17.2 Å². The summed E-state index contributed by atoms with van der Waals surface area (Å²) in [7, 11) is 0. The van der Waals surface area contributed by atoms with Crippen molar-refractivity contribution < 1.29 is 14.4 Å². The summed E-state index contributed by atoms with van der Waals surface area (Å²) in [5.74, 6) is -0.926. The SMILES string of the molecule is Cc1ccc(NC(=O)CN2C(=O)NC(c3ccccc3)C2=O)cc1Cl. The van der Waals surface area contributed by atoms with Gasteiger partial charge in [-0.3, -0.25) is 14.5 Å². The number of hydrogen-bond acceptors (Lipinski definition) is 3. The van der Waals surface area contributed by atoms with Gasteiger partial charge in [-0.1, -0.05) is 48.0 Å². The summed E-state index contributed by atoms with van der Waals surface area (Å²) in [4.78, 5) is 37.6. The molecule has 1 unspecified atom stereocenters. The molecule has 0 spiro atoms. The molecule has 128 valence electrons. The maximum absolute atomic E-state index is 12.4. The van der Waals surface area contributed by atoms with Crippen molar-refractivity contribution in [3.05, 3.63) is 64.7 Å². The fourth-order valence-corrected chi connectivity index (χ4v) is 2.74. The average Bonchev–Trinajstić information content (AvgIpc) is 2.87. The fraction of sp³-hybridized carbons (Fsp3) is 0.167. The first-order valence-electron chi connectivity index (χ1n) is 7.68. The van der Waals surface area contributed by atoms with Gasteiger partial charge in [-0.25, -0.2) is 4.79 Å². The maximum Gasteiger partial charge on any atom is 0.325 e. The van der Waals surface area contributed by atoms with E-state index in [-0.39, 0.29) is 6.54 Å². The highest BCUT2D eigenvalue weighted by atomic mass is 35.5. The van der Waals surface area contributed by atoms with Crippen molar-refractivity contribution in [3.8, 4) is 0 Å². The molecule has 0 radical (unpaired) electrons. The first-order chi connectivity index (χ1) is 12.0. The van der Waals surface area contributed by atoms with Gasteiger partial charge in [-0.2, -0.15) is 0 Å². The Morgan fingerprint density at radius 3 is 2.60 bits per heavy atom. The zero-order valence-electron chi connectivity index (χ0n) is 13.5. The predicted molar refractivity (Wildman–Crippen MR) is 94.2 cm³/mol. The summed E-state index contributed by atoms with van der Waals surface area (Å²) >= 11 is 6.02. The second-order valence-corrected chi connectivity index (χ2v) is 6.14. The van der Waals surface area contributed by atoms with Gasteiger partial charge in [0.05, 0.1) is 0 Å². The molecule has 1 aliphatic rings. The number of aryl methyl sites for hydroxylation is 1. The normalized spacial score (nSPS) is 16.7. The lowest BCUT2D eigenvalue weighted by molar-refractivity contribution is -0.130. The molecule has 0 aromatic heterocycles. The number of hydrogen-bond donors (Lipinski definition) is 2. The van der Waals surface area contributed by atoms with Gasteiger partial charge >= 0.3 is 6.03 Å². The van der Waals surface area contributed by atoms with E-state index in [1.807, 2.05) is 13.0 Å². The quantitative estimate of drug-likeness (QED) is 0.826. The number of rotatable bonds is 4. The second kappa shape index (κ2) is 6.94. The number of nitrogens with one attached hydrogen (secondary N) is 2. The van der Waals surface area contributed by atoms with Crippen LogP contribution in [-0.4, -0.2) is 29.3 Å². The van der Waals surface area contributed by atoms with Gasteiger partial charge in [-0.15, -0.1) is 0 Å². The standard InChI is InChI=1S/C18H16ClN3O3/c1-11-7-8-13(9-14(11)19)20-15(23)10-22-17(24)16(21-18(22)25)12-5-3-2-4-6-12/h2-9,16H,10H2,1H3,(H,20,23)(H,21,25). The van der Waals surface area contributed by atoms with Crippen molar-refractivity contribution >= 4 is 35.1 Å². The van der Waals surface area contributed by atoms with E-state index >= 15 is 0 Å². The van der Waals surface area contributed by atoms with Gasteiger partial charge in [0, 0.05) is 10.7 Å². The lowest BCUT2D eigenvalue weighted by Crippen LogP contribution is -2.38. The number of amides is 4. The van der Waals surface area contributed by atoms with Gasteiger partial charge in [0.1, 0.15) is 12.6 Å². The number of urea groups is 1. The Balaban J connectivity index is 1.67. The molecule has 2 N–H and O–H groups in total. The number of halogens is 1. The molecule has 25 heavy (non-hydrogen) atoms. The Hall–Kier alpha value is -2.86. The van der Waals surface area contributed by atoms with Crippen LogP contribution >= 0.6 is 11.6 Å². The highest BCUT2D eigenvalue weighted by molar-refractivity contribution is 6.31. The van der Waals surface area contributed by atoms with E-state index in [9.17, 15) is 14.4 Å². The average molecular weight is 358 g/mol. The largest absolute Gasteiger partial charge is 0.325 e. The molecule has 1 saturated heterocycles. The number of anilines is 1. The topological polar surface area (TPSA) is 78.5 Å². The van der Waals surface area contributed by atoms with Gasteiger partial charge in [0.25, 0.3) is 5.91 Å². The molecule has 1 fully saturated rings. The smallest absolute Gasteiger partial charge is 0.324 e. The minimum atomic E-state index is -0.768. The van der Waals surface area contributed by atoms with Crippen LogP contribution in [0.2, 0.25) is 5.02 Å². The van der Waals surface area contributed by atoms with E-state index in [1.54, 1.807) is 42.5 Å². The van der Waals surface area contributed by atoms with Crippen molar-refractivity contribution in [2.45, 2.75) is 13.0 Å². The van der Waals surface area contributed by atoms with Crippen LogP contribution in [0.25, 0.3) is 0 Å². The third-order valence-corrected chi connectivity index (χ3v) is 4.32. The van der Waals surface area contributed by atoms with Gasteiger partial charge in [-0.05, 0) is 30.2 Å². The molecule has 0 saturated carbocycles. The highest BCUT2D eigenvalue weighted by Gasteiger charge is 2.39. The zero-order chi connectivity index (χ0) is 18.0. The zero-order valence-corrected chi connectivity index (χ0v) is 14.2. The molecule has 7 heteroatoms. The van der Waals surface area contributed by atoms with Crippen LogP contribution in [0.15, 0.2) is 48.5 Å². The second-order valence-electron chi connectivity index (χ2n) is 5.73. The number of carbonyl (C=O) groups is 3. The summed E-state index contributed by atoms with van der Waals surface area (Å²) in [5, 5.41) is 5.75. The van der Waals surface area contributed by atoms with Crippen LogP contribution < -0.4 is 10.6 Å². The van der Waals surface area contributed by atoms with Crippen LogP contribution in [-0.2, 0) is 9.59 Å². The molecule has 6 nitrogen and oxygen atoms in total. The first-order valence-corrected chi connectivity index (χ1v) is 8.06. The van der Waals surface area contributed by atoms with E-state index in [1.165, 1.54) is 0 Å². The molecule has 2 aromatic carbocycles. The third-order valence-electron chi connectivity index (χ3n) is 3.92. The van der Waals surface area contributed by atoms with E-state index in [2.05, 4.69) is 10.6 Å². The monoisotopic (exact) mass is 357 g/mol. The van der Waals surface area contributed by atoms with Gasteiger partial charge in [0.2, 0.25) is 5.91 Å². The Morgan fingerprint density at radius 1 is 1.20 bits per heavy atom. The molecule has 0 aliphatic carbocycles. The van der Waals surface area contributed by atoms with Crippen LogP contribution in [0.5, 0.6) is 0 Å². The Labute approximate surface area is 149 Å². The molecular formula is C18H16ClN3O3. The lowest BCUT2D eigenvalue weighted by atomic mass is 10.1. The Morgan fingerprint density at radius 2 is 1.92 bits per heavy atom. The molecule has 3 rings (SSSR count). The summed E-state index contributed by atoms with van der Waals surface area (Å²) in [5.41, 5.74) is 2.07. The summed E-state index contributed by atoms with van der Waals surface area (Å²) < 4.78 is 0. The van der Waals surface area contributed by atoms with Crippen molar-refractivity contribution in [1.29, 1.82) is 0 Å². The summed E-state index contributed by atoms with van der Waals surface area (Å²) in [6, 6.07) is 12.6. The number of nitrogens with zero attached hydrogens (tertiary/aromatic N) is 1. The highest BCUT2D eigenvalue weighted by Crippen LogP contribution is 2.22. The molecule has 1 aliphatic heterocycles. The minimum Gasteiger partial charge on any atom is -0.324 e. The van der Waals surface area contributed by atoms with E-state index in [0.717, 1.165) is 10.5 Å².